The molecular formula is C23H29N3O2. The third-order valence-corrected chi connectivity index (χ3v) is 6.03. The minimum absolute atomic E-state index is 0.0297. The van der Waals surface area contributed by atoms with Crippen molar-refractivity contribution in [3.63, 3.8) is 0 Å². The van der Waals surface area contributed by atoms with Crippen LogP contribution in [-0.4, -0.2) is 59.6 Å². The molecule has 2 aromatic carbocycles. The van der Waals surface area contributed by atoms with E-state index in [1.165, 1.54) is 5.56 Å². The summed E-state index contributed by atoms with van der Waals surface area (Å²) in [6.07, 6.45) is 2.28. The van der Waals surface area contributed by atoms with Gasteiger partial charge in [-0.3, -0.25) is 9.69 Å². The quantitative estimate of drug-likeness (QED) is 0.839. The fraction of sp³-hybridized carbons (Fsp3) is 0.435. The van der Waals surface area contributed by atoms with E-state index in [9.17, 15) is 9.90 Å². The predicted molar refractivity (Wildman–Crippen MR) is 111 cm³/mol. The van der Waals surface area contributed by atoms with Gasteiger partial charge in [-0.25, -0.2) is 0 Å². The van der Waals surface area contributed by atoms with Gasteiger partial charge in [0.2, 0.25) is 5.91 Å². The molecule has 5 nitrogen and oxygen atoms in total. The van der Waals surface area contributed by atoms with Crippen LogP contribution in [0, 0.1) is 0 Å². The number of likely N-dealkylation sites (N-methyl/N-ethyl adjacent to an activating group) is 1. The number of rotatable bonds is 5. The van der Waals surface area contributed by atoms with Crippen molar-refractivity contribution in [2.45, 2.75) is 37.5 Å². The van der Waals surface area contributed by atoms with Crippen molar-refractivity contribution in [1.29, 1.82) is 0 Å². The van der Waals surface area contributed by atoms with Gasteiger partial charge in [-0.05, 0) is 36.5 Å². The van der Waals surface area contributed by atoms with Crippen molar-refractivity contribution < 1.29 is 9.90 Å². The number of carbonyl (C=O) groups is 1. The van der Waals surface area contributed by atoms with Crippen LogP contribution in [0.3, 0.4) is 0 Å². The number of carbonyl (C=O) groups excluding carboxylic acids is 1. The summed E-state index contributed by atoms with van der Waals surface area (Å²) in [5.74, 6) is 0.128. The summed E-state index contributed by atoms with van der Waals surface area (Å²) in [6, 6.07) is 18.2. The summed E-state index contributed by atoms with van der Waals surface area (Å²) in [6.45, 7) is 2.30. The number of aliphatic hydroxyl groups excluding tert-OH is 1. The van der Waals surface area contributed by atoms with Gasteiger partial charge in [0.15, 0.2) is 0 Å². The number of para-hydroxylation sites is 1. The molecule has 1 fully saturated rings. The maximum atomic E-state index is 13.4. The van der Waals surface area contributed by atoms with Gasteiger partial charge in [0.05, 0.1) is 12.1 Å². The summed E-state index contributed by atoms with van der Waals surface area (Å²) in [7, 11) is 1.91. The largest absolute Gasteiger partial charge is 0.392 e. The van der Waals surface area contributed by atoms with E-state index < -0.39 is 0 Å². The maximum absolute atomic E-state index is 13.4. The Morgan fingerprint density at radius 2 is 1.93 bits per heavy atom. The Morgan fingerprint density at radius 1 is 1.18 bits per heavy atom. The van der Waals surface area contributed by atoms with Crippen molar-refractivity contribution in [2.75, 3.05) is 32.0 Å². The van der Waals surface area contributed by atoms with Crippen LogP contribution in [0.25, 0.3) is 0 Å². The minimum Gasteiger partial charge on any atom is -0.392 e. The average Bonchev–Trinajstić information content (AvgIpc) is 3.16. The van der Waals surface area contributed by atoms with Crippen LogP contribution in [0.15, 0.2) is 54.6 Å². The van der Waals surface area contributed by atoms with Gasteiger partial charge < -0.3 is 15.3 Å². The summed E-state index contributed by atoms with van der Waals surface area (Å²) in [4.78, 5) is 17.5. The lowest BCUT2D eigenvalue weighted by atomic mass is 9.96. The number of fused-ring (bicyclic) bond motifs is 1. The normalized spacial score (nSPS) is 22.9. The number of nitrogens with one attached hydrogen (secondary N) is 1. The van der Waals surface area contributed by atoms with E-state index in [1.807, 2.05) is 42.3 Å². The van der Waals surface area contributed by atoms with Gasteiger partial charge in [0.1, 0.15) is 6.04 Å². The average molecular weight is 380 g/mol. The molecule has 2 aliphatic heterocycles. The van der Waals surface area contributed by atoms with Crippen LogP contribution in [-0.2, 0) is 11.2 Å². The number of amides is 1. The molecule has 0 aromatic heterocycles. The highest BCUT2D eigenvalue weighted by Gasteiger charge is 2.32. The molecule has 148 valence electrons. The van der Waals surface area contributed by atoms with Crippen molar-refractivity contribution in [3.8, 4) is 0 Å². The number of aliphatic hydroxyl groups is 1. The number of aryl methyl sites for hydroxylation is 1. The molecular weight excluding hydrogens is 350 g/mol. The van der Waals surface area contributed by atoms with Crippen LogP contribution >= 0.6 is 0 Å². The highest BCUT2D eigenvalue weighted by atomic mass is 16.3. The molecule has 2 N–H and O–H groups in total. The fourth-order valence-electron chi connectivity index (χ4n) is 4.37. The topological polar surface area (TPSA) is 55.8 Å². The van der Waals surface area contributed by atoms with E-state index in [0.717, 1.165) is 43.6 Å². The molecule has 0 radical (unpaired) electrons. The lowest BCUT2D eigenvalue weighted by Gasteiger charge is -2.36. The number of benzene rings is 2. The molecule has 0 bridgehead atoms. The van der Waals surface area contributed by atoms with E-state index in [-0.39, 0.29) is 24.1 Å². The first-order valence-corrected chi connectivity index (χ1v) is 10.2. The number of hydrogen-bond acceptors (Lipinski definition) is 4. The van der Waals surface area contributed by atoms with Gasteiger partial charge in [0.25, 0.3) is 0 Å². The summed E-state index contributed by atoms with van der Waals surface area (Å²) >= 11 is 0. The van der Waals surface area contributed by atoms with Crippen LogP contribution in [0.1, 0.15) is 30.0 Å². The standard InChI is InChI=1S/C23H29N3O2/c1-25(23(28)21-12-11-17-7-5-6-10-20(17)24-21)22(18-8-3-2-4-9-18)16-26-14-13-19(27)15-26/h2-10,19,21-22,24,27H,11-16H2,1H3/t19-,21?,22+/m0/s1. The van der Waals surface area contributed by atoms with E-state index in [0.29, 0.717) is 6.54 Å². The predicted octanol–water partition coefficient (Wildman–Crippen LogP) is 2.68. The van der Waals surface area contributed by atoms with Crippen molar-refractivity contribution >= 4 is 11.6 Å². The first-order chi connectivity index (χ1) is 13.6. The molecule has 0 aliphatic carbocycles. The molecule has 3 atom stereocenters. The second-order valence-electron chi connectivity index (χ2n) is 7.97. The smallest absolute Gasteiger partial charge is 0.245 e. The zero-order valence-corrected chi connectivity index (χ0v) is 16.4. The SMILES string of the molecule is CN(C(=O)C1CCc2ccccc2N1)[C@H](CN1CC[C@H](O)C1)c1ccccc1. The highest BCUT2D eigenvalue weighted by Crippen LogP contribution is 2.28. The van der Waals surface area contributed by atoms with Gasteiger partial charge >= 0.3 is 0 Å². The highest BCUT2D eigenvalue weighted by molar-refractivity contribution is 5.86. The van der Waals surface area contributed by atoms with Crippen LogP contribution < -0.4 is 5.32 Å². The van der Waals surface area contributed by atoms with Crippen molar-refractivity contribution in [2.24, 2.45) is 0 Å². The summed E-state index contributed by atoms with van der Waals surface area (Å²) < 4.78 is 0. The third-order valence-electron chi connectivity index (χ3n) is 6.03. The Bertz CT molecular complexity index is 811. The summed E-state index contributed by atoms with van der Waals surface area (Å²) in [5.41, 5.74) is 3.48. The monoisotopic (exact) mass is 379 g/mol. The molecule has 1 amide bonds. The van der Waals surface area contributed by atoms with Crippen LogP contribution in [0.4, 0.5) is 5.69 Å². The van der Waals surface area contributed by atoms with Gasteiger partial charge in [0, 0.05) is 32.4 Å². The molecule has 2 aliphatic rings. The lowest BCUT2D eigenvalue weighted by Crippen LogP contribution is -2.46. The zero-order chi connectivity index (χ0) is 19.5. The molecule has 28 heavy (non-hydrogen) atoms. The van der Waals surface area contributed by atoms with Crippen LogP contribution in [0.5, 0.6) is 0 Å². The van der Waals surface area contributed by atoms with E-state index in [2.05, 4.69) is 34.5 Å². The Balaban J connectivity index is 1.51. The molecule has 1 saturated heterocycles. The maximum Gasteiger partial charge on any atom is 0.245 e. The van der Waals surface area contributed by atoms with Crippen LogP contribution in [0.2, 0.25) is 0 Å². The number of nitrogens with zero attached hydrogens (tertiary/aromatic N) is 2. The summed E-state index contributed by atoms with van der Waals surface area (Å²) in [5, 5.41) is 13.3. The van der Waals surface area contributed by atoms with E-state index >= 15 is 0 Å². The molecule has 2 aromatic rings. The molecule has 0 saturated carbocycles. The van der Waals surface area contributed by atoms with Gasteiger partial charge in [-0.15, -0.1) is 0 Å². The number of β-amino-alcohol motifs (C(OH)–C–C–N with tert-alkyl or cyclic N) is 1. The Labute approximate surface area is 167 Å². The first kappa shape index (κ1) is 19.0. The Morgan fingerprint density at radius 3 is 2.68 bits per heavy atom. The molecule has 0 spiro atoms. The van der Waals surface area contributed by atoms with Gasteiger partial charge in [-0.2, -0.15) is 0 Å². The molecule has 2 heterocycles. The molecule has 5 heteroatoms. The third kappa shape index (κ3) is 4.05. The minimum atomic E-state index is -0.256. The Kier molecular flexibility index (Phi) is 5.64. The number of likely N-dealkylation sites (tertiary alicyclic amines) is 1. The number of hydrogen-bond donors (Lipinski definition) is 2. The second kappa shape index (κ2) is 8.33. The number of anilines is 1. The molecule has 4 rings (SSSR count). The van der Waals surface area contributed by atoms with Gasteiger partial charge in [-0.1, -0.05) is 48.5 Å². The lowest BCUT2D eigenvalue weighted by molar-refractivity contribution is -0.133. The van der Waals surface area contributed by atoms with E-state index in [1.54, 1.807) is 0 Å². The first-order valence-electron chi connectivity index (χ1n) is 10.2. The van der Waals surface area contributed by atoms with Crippen molar-refractivity contribution in [1.82, 2.24) is 9.80 Å². The van der Waals surface area contributed by atoms with E-state index in [4.69, 9.17) is 0 Å². The Hall–Kier alpha value is -2.37. The van der Waals surface area contributed by atoms with Crippen molar-refractivity contribution in [3.05, 3.63) is 65.7 Å². The fourth-order valence-corrected chi connectivity index (χ4v) is 4.37. The molecule has 1 unspecified atom stereocenters. The second-order valence-corrected chi connectivity index (χ2v) is 7.97. The zero-order valence-electron chi connectivity index (χ0n) is 16.4.